The molecule has 0 aromatic heterocycles. The Morgan fingerprint density at radius 1 is 1.73 bits per heavy atom. The number of carbonyl (C=O) groups excluding carboxylic acids is 1. The maximum atomic E-state index is 10.8. The van der Waals surface area contributed by atoms with Gasteiger partial charge in [-0.15, -0.1) is 0 Å². The first-order valence-electron chi connectivity index (χ1n) is 3.56. The second-order valence-electron chi connectivity index (χ2n) is 2.66. The van der Waals surface area contributed by atoms with Gasteiger partial charge in [-0.2, -0.15) is 0 Å². The van der Waals surface area contributed by atoms with Crippen molar-refractivity contribution in [2.24, 2.45) is 0 Å². The van der Waals surface area contributed by atoms with Crippen molar-refractivity contribution >= 4 is 5.97 Å². The SMILES string of the molecule is COC(=O)C1CC(O)C(C)O1. The molecule has 0 radical (unpaired) electrons. The van der Waals surface area contributed by atoms with Crippen LogP contribution in [0.3, 0.4) is 0 Å². The molecule has 0 aliphatic carbocycles. The largest absolute Gasteiger partial charge is 0.467 e. The van der Waals surface area contributed by atoms with Gasteiger partial charge in [0.1, 0.15) is 0 Å². The summed E-state index contributed by atoms with van der Waals surface area (Å²) in [6.45, 7) is 1.73. The van der Waals surface area contributed by atoms with E-state index < -0.39 is 18.2 Å². The molecule has 3 atom stereocenters. The number of esters is 1. The molecule has 0 spiro atoms. The van der Waals surface area contributed by atoms with Crippen molar-refractivity contribution in [3.8, 4) is 0 Å². The molecule has 1 aliphatic heterocycles. The lowest BCUT2D eigenvalue weighted by molar-refractivity contribution is -0.152. The van der Waals surface area contributed by atoms with Crippen molar-refractivity contribution < 1.29 is 19.4 Å². The average Bonchev–Trinajstić information content (AvgIpc) is 2.31. The van der Waals surface area contributed by atoms with Crippen LogP contribution in [0.25, 0.3) is 0 Å². The number of ether oxygens (including phenoxy) is 2. The Kier molecular flexibility index (Phi) is 2.46. The lowest BCUT2D eigenvalue weighted by Gasteiger charge is -2.07. The molecule has 1 rings (SSSR count). The van der Waals surface area contributed by atoms with Crippen LogP contribution in [0.1, 0.15) is 13.3 Å². The minimum absolute atomic E-state index is 0.265. The minimum atomic E-state index is -0.579. The summed E-state index contributed by atoms with van der Waals surface area (Å²) in [7, 11) is 1.31. The third-order valence-electron chi connectivity index (χ3n) is 1.84. The Hall–Kier alpha value is -0.610. The van der Waals surface area contributed by atoms with Crippen LogP contribution in [0.15, 0.2) is 0 Å². The summed E-state index contributed by atoms with van der Waals surface area (Å²) in [5.41, 5.74) is 0. The van der Waals surface area contributed by atoms with E-state index in [1.807, 2.05) is 0 Å². The highest BCUT2D eigenvalue weighted by Crippen LogP contribution is 2.20. The molecule has 1 N–H and O–H groups in total. The van der Waals surface area contributed by atoms with Crippen molar-refractivity contribution in [2.45, 2.75) is 31.7 Å². The lowest BCUT2D eigenvalue weighted by atomic mass is 10.1. The van der Waals surface area contributed by atoms with E-state index in [2.05, 4.69) is 4.74 Å². The van der Waals surface area contributed by atoms with Crippen molar-refractivity contribution in [1.82, 2.24) is 0 Å². The number of rotatable bonds is 1. The van der Waals surface area contributed by atoms with Gasteiger partial charge in [-0.3, -0.25) is 0 Å². The van der Waals surface area contributed by atoms with Crippen LogP contribution >= 0.6 is 0 Å². The number of methoxy groups -OCH3 is 1. The summed E-state index contributed by atoms with van der Waals surface area (Å²) < 4.78 is 9.56. The standard InChI is InChI=1S/C7H12O4/c1-4-5(8)3-6(11-4)7(9)10-2/h4-6,8H,3H2,1-2H3. The smallest absolute Gasteiger partial charge is 0.335 e. The van der Waals surface area contributed by atoms with Gasteiger partial charge in [-0.25, -0.2) is 4.79 Å². The van der Waals surface area contributed by atoms with Crippen molar-refractivity contribution in [2.75, 3.05) is 7.11 Å². The first-order valence-corrected chi connectivity index (χ1v) is 3.56. The summed E-state index contributed by atoms with van der Waals surface area (Å²) in [5, 5.41) is 9.18. The Morgan fingerprint density at radius 2 is 2.36 bits per heavy atom. The van der Waals surface area contributed by atoms with Gasteiger partial charge in [0.2, 0.25) is 0 Å². The number of hydrogen-bond acceptors (Lipinski definition) is 4. The molecule has 0 aromatic rings. The first-order chi connectivity index (χ1) is 5.15. The summed E-state index contributed by atoms with van der Waals surface area (Å²) in [5.74, 6) is -0.409. The minimum Gasteiger partial charge on any atom is -0.467 e. The van der Waals surface area contributed by atoms with Gasteiger partial charge in [0.25, 0.3) is 0 Å². The van der Waals surface area contributed by atoms with E-state index >= 15 is 0 Å². The Labute approximate surface area is 65.1 Å². The zero-order chi connectivity index (χ0) is 8.43. The fourth-order valence-corrected chi connectivity index (χ4v) is 1.10. The van der Waals surface area contributed by atoms with Gasteiger partial charge >= 0.3 is 5.97 Å². The van der Waals surface area contributed by atoms with Crippen LogP contribution in [0.2, 0.25) is 0 Å². The zero-order valence-corrected chi connectivity index (χ0v) is 6.61. The number of hydrogen-bond donors (Lipinski definition) is 1. The topological polar surface area (TPSA) is 55.8 Å². The highest BCUT2D eigenvalue weighted by atomic mass is 16.6. The van der Waals surface area contributed by atoms with E-state index in [1.165, 1.54) is 7.11 Å². The first kappa shape index (κ1) is 8.49. The molecule has 4 heteroatoms. The van der Waals surface area contributed by atoms with E-state index in [0.717, 1.165) is 0 Å². The monoisotopic (exact) mass is 160 g/mol. The Bertz CT molecular complexity index is 147. The summed E-state index contributed by atoms with van der Waals surface area (Å²) in [6, 6.07) is 0. The van der Waals surface area contributed by atoms with E-state index in [1.54, 1.807) is 6.92 Å². The molecule has 0 bridgehead atoms. The third kappa shape index (κ3) is 1.70. The second kappa shape index (κ2) is 3.19. The summed E-state index contributed by atoms with van der Waals surface area (Å²) in [4.78, 5) is 10.8. The predicted molar refractivity (Wildman–Crippen MR) is 37.0 cm³/mol. The molecule has 0 aromatic carbocycles. The van der Waals surface area contributed by atoms with Crippen LogP contribution in [-0.4, -0.2) is 36.5 Å². The number of aliphatic hydroxyl groups excluding tert-OH is 1. The molecule has 0 amide bonds. The highest BCUT2D eigenvalue weighted by Gasteiger charge is 2.35. The van der Waals surface area contributed by atoms with E-state index in [9.17, 15) is 9.90 Å². The summed E-state index contributed by atoms with van der Waals surface area (Å²) >= 11 is 0. The average molecular weight is 160 g/mol. The van der Waals surface area contributed by atoms with Crippen molar-refractivity contribution in [3.05, 3.63) is 0 Å². The molecule has 11 heavy (non-hydrogen) atoms. The van der Waals surface area contributed by atoms with Gasteiger partial charge in [0.15, 0.2) is 6.10 Å². The van der Waals surface area contributed by atoms with Crippen LogP contribution in [0, 0.1) is 0 Å². The Balaban J connectivity index is 2.46. The quantitative estimate of drug-likeness (QED) is 0.535. The molecule has 0 saturated carbocycles. The normalized spacial score (nSPS) is 37.2. The van der Waals surface area contributed by atoms with Gasteiger partial charge in [0.05, 0.1) is 19.3 Å². The van der Waals surface area contributed by atoms with Crippen molar-refractivity contribution in [3.63, 3.8) is 0 Å². The van der Waals surface area contributed by atoms with Gasteiger partial charge in [0, 0.05) is 6.42 Å². The van der Waals surface area contributed by atoms with Crippen LogP contribution < -0.4 is 0 Å². The van der Waals surface area contributed by atoms with Crippen LogP contribution in [0.4, 0.5) is 0 Å². The van der Waals surface area contributed by atoms with Crippen molar-refractivity contribution in [1.29, 1.82) is 0 Å². The van der Waals surface area contributed by atoms with Gasteiger partial charge in [-0.05, 0) is 6.92 Å². The van der Waals surface area contributed by atoms with Crippen LogP contribution in [-0.2, 0) is 14.3 Å². The zero-order valence-electron chi connectivity index (χ0n) is 6.61. The lowest BCUT2D eigenvalue weighted by Crippen LogP contribution is -2.21. The fourth-order valence-electron chi connectivity index (χ4n) is 1.10. The van der Waals surface area contributed by atoms with Crippen LogP contribution in [0.5, 0.6) is 0 Å². The van der Waals surface area contributed by atoms with E-state index in [-0.39, 0.29) is 6.10 Å². The number of aliphatic hydroxyl groups is 1. The number of carbonyl (C=O) groups is 1. The van der Waals surface area contributed by atoms with Gasteiger partial charge < -0.3 is 14.6 Å². The molecular weight excluding hydrogens is 148 g/mol. The van der Waals surface area contributed by atoms with E-state index in [4.69, 9.17) is 4.74 Å². The molecule has 1 aliphatic rings. The molecule has 3 unspecified atom stereocenters. The molecule has 1 saturated heterocycles. The summed E-state index contributed by atoms with van der Waals surface area (Å²) in [6.07, 6.45) is -1.04. The fraction of sp³-hybridized carbons (Fsp3) is 0.857. The predicted octanol–water partition coefficient (Wildman–Crippen LogP) is -0.302. The maximum absolute atomic E-state index is 10.8. The molecule has 64 valence electrons. The molecule has 1 fully saturated rings. The molecular formula is C7H12O4. The van der Waals surface area contributed by atoms with Gasteiger partial charge in [-0.1, -0.05) is 0 Å². The highest BCUT2D eigenvalue weighted by molar-refractivity contribution is 5.74. The molecule has 4 nitrogen and oxygen atoms in total. The Morgan fingerprint density at radius 3 is 2.73 bits per heavy atom. The van der Waals surface area contributed by atoms with E-state index in [0.29, 0.717) is 6.42 Å². The maximum Gasteiger partial charge on any atom is 0.335 e. The molecule has 1 heterocycles. The second-order valence-corrected chi connectivity index (χ2v) is 2.66. The third-order valence-corrected chi connectivity index (χ3v) is 1.84.